The molecule has 3 rings (SSSR count). The largest absolute Gasteiger partial charge is 0.391 e. The second kappa shape index (κ2) is 6.97. The highest BCUT2D eigenvalue weighted by Crippen LogP contribution is 2.19. The molecule has 1 fully saturated rings. The van der Waals surface area contributed by atoms with Gasteiger partial charge in [0.15, 0.2) is 0 Å². The molecule has 1 saturated heterocycles. The number of nitrogens with one attached hydrogen (secondary N) is 1. The van der Waals surface area contributed by atoms with Crippen LogP contribution in [0, 0.1) is 0 Å². The second-order valence-electron chi connectivity index (χ2n) is 5.86. The Morgan fingerprint density at radius 2 is 1.96 bits per heavy atom. The fourth-order valence-corrected chi connectivity index (χ4v) is 4.18. The number of ether oxygens (including phenoxy) is 1. The lowest BCUT2D eigenvalue weighted by molar-refractivity contribution is -0.00840. The van der Waals surface area contributed by atoms with Crippen LogP contribution in [0.2, 0.25) is 0 Å². The highest BCUT2D eigenvalue weighted by Gasteiger charge is 2.27. The maximum atomic E-state index is 12.3. The van der Waals surface area contributed by atoms with Crippen molar-refractivity contribution in [1.29, 1.82) is 0 Å². The minimum Gasteiger partial charge on any atom is -0.391 e. The molecule has 0 bridgehead atoms. The van der Waals surface area contributed by atoms with Crippen LogP contribution >= 0.6 is 0 Å². The SMILES string of the molecule is O=S(=O)(CCc1cccc2ccccc12)N[C@@H]1COCC[C@H]1O. The van der Waals surface area contributed by atoms with Gasteiger partial charge in [0.05, 0.1) is 24.5 Å². The molecular formula is C17H21NO4S. The number of aliphatic hydroxyl groups is 1. The molecule has 2 N–H and O–H groups in total. The van der Waals surface area contributed by atoms with E-state index in [1.165, 1.54) is 0 Å². The van der Waals surface area contributed by atoms with Gasteiger partial charge in [-0.1, -0.05) is 42.5 Å². The van der Waals surface area contributed by atoms with Crippen molar-refractivity contribution >= 4 is 20.8 Å². The van der Waals surface area contributed by atoms with E-state index in [2.05, 4.69) is 4.72 Å². The van der Waals surface area contributed by atoms with Crippen molar-refractivity contribution in [3.8, 4) is 0 Å². The first-order valence-electron chi connectivity index (χ1n) is 7.78. The van der Waals surface area contributed by atoms with Crippen LogP contribution in [0.3, 0.4) is 0 Å². The number of sulfonamides is 1. The molecule has 23 heavy (non-hydrogen) atoms. The zero-order valence-electron chi connectivity index (χ0n) is 12.8. The van der Waals surface area contributed by atoms with Crippen LogP contribution in [0.1, 0.15) is 12.0 Å². The molecule has 6 heteroatoms. The highest BCUT2D eigenvalue weighted by molar-refractivity contribution is 7.89. The minimum atomic E-state index is -3.47. The molecule has 5 nitrogen and oxygen atoms in total. The molecule has 2 aromatic carbocycles. The summed E-state index contributed by atoms with van der Waals surface area (Å²) in [5.41, 5.74) is 1.01. The van der Waals surface area contributed by atoms with Gasteiger partial charge in [-0.05, 0) is 29.2 Å². The van der Waals surface area contributed by atoms with Gasteiger partial charge in [0, 0.05) is 6.61 Å². The zero-order valence-corrected chi connectivity index (χ0v) is 13.6. The third kappa shape index (κ3) is 4.09. The van der Waals surface area contributed by atoms with Crippen LogP contribution < -0.4 is 4.72 Å². The lowest BCUT2D eigenvalue weighted by Crippen LogP contribution is -2.50. The van der Waals surface area contributed by atoms with Crippen LogP contribution in [0.15, 0.2) is 42.5 Å². The minimum absolute atomic E-state index is 0.00969. The summed E-state index contributed by atoms with van der Waals surface area (Å²) in [7, 11) is -3.47. The van der Waals surface area contributed by atoms with Crippen molar-refractivity contribution in [3.05, 3.63) is 48.0 Å². The molecule has 1 aliphatic rings. The van der Waals surface area contributed by atoms with Gasteiger partial charge in [0.2, 0.25) is 10.0 Å². The Morgan fingerprint density at radius 3 is 2.78 bits per heavy atom. The fourth-order valence-electron chi connectivity index (χ4n) is 2.88. The van der Waals surface area contributed by atoms with Crippen LogP contribution in [-0.2, 0) is 21.2 Å². The number of hydrogen-bond acceptors (Lipinski definition) is 4. The summed E-state index contributed by atoms with van der Waals surface area (Å²) in [6, 6.07) is 13.3. The molecule has 124 valence electrons. The predicted molar refractivity (Wildman–Crippen MR) is 89.8 cm³/mol. The fraction of sp³-hybridized carbons (Fsp3) is 0.412. The molecular weight excluding hydrogens is 314 g/mol. The second-order valence-corrected chi connectivity index (χ2v) is 7.74. The van der Waals surface area contributed by atoms with Crippen molar-refractivity contribution in [1.82, 2.24) is 4.72 Å². The molecule has 0 radical (unpaired) electrons. The third-order valence-corrected chi connectivity index (χ3v) is 5.57. The van der Waals surface area contributed by atoms with Crippen LogP contribution in [-0.4, -0.2) is 44.6 Å². The number of rotatable bonds is 5. The number of aliphatic hydroxyl groups excluding tert-OH is 1. The monoisotopic (exact) mass is 335 g/mol. The van der Waals surface area contributed by atoms with Gasteiger partial charge >= 0.3 is 0 Å². The van der Waals surface area contributed by atoms with E-state index in [1.807, 2.05) is 42.5 Å². The van der Waals surface area contributed by atoms with E-state index >= 15 is 0 Å². The summed E-state index contributed by atoms with van der Waals surface area (Å²) in [5, 5.41) is 12.0. The van der Waals surface area contributed by atoms with E-state index < -0.39 is 22.2 Å². The summed E-state index contributed by atoms with van der Waals surface area (Å²) < 4.78 is 32.3. The van der Waals surface area contributed by atoms with E-state index in [-0.39, 0.29) is 12.4 Å². The van der Waals surface area contributed by atoms with Crippen molar-refractivity contribution in [2.75, 3.05) is 19.0 Å². The maximum absolute atomic E-state index is 12.3. The van der Waals surface area contributed by atoms with E-state index in [1.54, 1.807) is 0 Å². The highest BCUT2D eigenvalue weighted by atomic mass is 32.2. The predicted octanol–water partition coefficient (Wildman–Crippen LogP) is 1.45. The van der Waals surface area contributed by atoms with Gasteiger partial charge in [0.1, 0.15) is 0 Å². The molecule has 2 aromatic rings. The Bertz CT molecular complexity index is 770. The first-order valence-corrected chi connectivity index (χ1v) is 9.43. The van der Waals surface area contributed by atoms with Crippen molar-refractivity contribution in [2.24, 2.45) is 0 Å². The number of aryl methyl sites for hydroxylation is 1. The summed E-state index contributed by atoms with van der Waals surface area (Å²) in [6.07, 6.45) is 0.202. The summed E-state index contributed by atoms with van der Waals surface area (Å²) in [4.78, 5) is 0. The normalized spacial score (nSPS) is 22.3. The molecule has 0 amide bonds. The zero-order chi connectivity index (χ0) is 16.3. The number of benzene rings is 2. The van der Waals surface area contributed by atoms with E-state index in [0.717, 1.165) is 16.3 Å². The Morgan fingerprint density at radius 1 is 1.17 bits per heavy atom. The van der Waals surface area contributed by atoms with Crippen molar-refractivity contribution in [3.63, 3.8) is 0 Å². The molecule has 0 unspecified atom stereocenters. The molecule has 2 atom stereocenters. The summed E-state index contributed by atoms with van der Waals surface area (Å²) >= 11 is 0. The number of fused-ring (bicyclic) bond motifs is 1. The first kappa shape index (κ1) is 16.4. The molecule has 0 aromatic heterocycles. The van der Waals surface area contributed by atoms with Gasteiger partial charge in [-0.25, -0.2) is 13.1 Å². The van der Waals surface area contributed by atoms with E-state index in [4.69, 9.17) is 4.74 Å². The van der Waals surface area contributed by atoms with Gasteiger partial charge < -0.3 is 9.84 Å². The molecule has 1 aliphatic heterocycles. The Balaban J connectivity index is 1.68. The summed E-state index contributed by atoms with van der Waals surface area (Å²) in [5.74, 6) is -0.00969. The molecule has 0 aliphatic carbocycles. The first-order chi connectivity index (χ1) is 11.1. The lowest BCUT2D eigenvalue weighted by atomic mass is 10.0. The third-order valence-electron chi connectivity index (χ3n) is 4.17. The molecule has 1 heterocycles. The van der Waals surface area contributed by atoms with Crippen molar-refractivity contribution in [2.45, 2.75) is 25.0 Å². The van der Waals surface area contributed by atoms with Crippen LogP contribution in [0.25, 0.3) is 10.8 Å². The average molecular weight is 335 g/mol. The van der Waals surface area contributed by atoms with Crippen LogP contribution in [0.5, 0.6) is 0 Å². The van der Waals surface area contributed by atoms with E-state index in [9.17, 15) is 13.5 Å². The Kier molecular flexibility index (Phi) is 4.96. The van der Waals surface area contributed by atoms with Gasteiger partial charge in [-0.3, -0.25) is 0 Å². The van der Waals surface area contributed by atoms with Gasteiger partial charge in [-0.2, -0.15) is 0 Å². The van der Waals surface area contributed by atoms with E-state index in [0.29, 0.717) is 19.4 Å². The standard InChI is InChI=1S/C17H21NO4S/c19-17-8-10-22-12-16(17)18-23(20,21)11-9-14-6-3-5-13-4-1-2-7-15(13)14/h1-7,16-19H,8-12H2/t16-,17-/m1/s1. The maximum Gasteiger partial charge on any atom is 0.212 e. The van der Waals surface area contributed by atoms with Gasteiger partial charge in [0.25, 0.3) is 0 Å². The molecule has 0 saturated carbocycles. The summed E-state index contributed by atoms with van der Waals surface area (Å²) in [6.45, 7) is 0.685. The number of hydrogen-bond donors (Lipinski definition) is 2. The smallest absolute Gasteiger partial charge is 0.212 e. The van der Waals surface area contributed by atoms with Crippen molar-refractivity contribution < 1.29 is 18.3 Å². The Hall–Kier alpha value is -1.47. The Labute approximate surface area is 136 Å². The molecule has 0 spiro atoms. The van der Waals surface area contributed by atoms with Gasteiger partial charge in [-0.15, -0.1) is 0 Å². The lowest BCUT2D eigenvalue weighted by Gasteiger charge is -2.28. The van der Waals surface area contributed by atoms with Crippen LogP contribution in [0.4, 0.5) is 0 Å². The quantitative estimate of drug-likeness (QED) is 0.867. The topological polar surface area (TPSA) is 75.6 Å². The average Bonchev–Trinajstić information content (AvgIpc) is 2.55.